The Morgan fingerprint density at radius 1 is 1.56 bits per heavy atom. The molecule has 1 unspecified atom stereocenters. The van der Waals surface area contributed by atoms with Gasteiger partial charge in [-0.2, -0.15) is 5.26 Å². The fourth-order valence-corrected chi connectivity index (χ4v) is 1.95. The van der Waals surface area contributed by atoms with E-state index in [4.69, 9.17) is 5.26 Å². The van der Waals surface area contributed by atoms with Gasteiger partial charge in [-0.25, -0.2) is 4.39 Å². The van der Waals surface area contributed by atoms with Crippen LogP contribution < -0.4 is 5.32 Å². The molecule has 16 heavy (non-hydrogen) atoms. The molecule has 1 N–H and O–H groups in total. The van der Waals surface area contributed by atoms with Crippen molar-refractivity contribution in [2.24, 2.45) is 5.92 Å². The summed E-state index contributed by atoms with van der Waals surface area (Å²) in [4.78, 5) is 0. The van der Waals surface area contributed by atoms with Crippen molar-refractivity contribution in [2.45, 2.75) is 32.2 Å². The summed E-state index contributed by atoms with van der Waals surface area (Å²) < 4.78 is 13.6. The molecule has 1 aromatic rings. The van der Waals surface area contributed by atoms with Gasteiger partial charge in [0.25, 0.3) is 0 Å². The zero-order chi connectivity index (χ0) is 11.5. The number of benzene rings is 1. The Morgan fingerprint density at radius 3 is 2.81 bits per heavy atom. The highest BCUT2D eigenvalue weighted by molar-refractivity contribution is 5.49. The van der Waals surface area contributed by atoms with E-state index in [9.17, 15) is 4.39 Å². The Kier molecular flexibility index (Phi) is 3.09. The second kappa shape index (κ2) is 4.52. The van der Waals surface area contributed by atoms with Crippen LogP contribution in [0.3, 0.4) is 0 Å². The largest absolute Gasteiger partial charge is 0.380 e. The van der Waals surface area contributed by atoms with Crippen molar-refractivity contribution < 1.29 is 4.39 Å². The molecule has 2 rings (SSSR count). The Morgan fingerprint density at radius 2 is 2.31 bits per heavy atom. The van der Waals surface area contributed by atoms with Crippen molar-refractivity contribution in [3.8, 4) is 6.07 Å². The van der Waals surface area contributed by atoms with E-state index in [1.807, 2.05) is 6.07 Å². The first-order valence-electron chi connectivity index (χ1n) is 5.70. The molecular weight excluding hydrogens is 203 g/mol. The summed E-state index contributed by atoms with van der Waals surface area (Å²) in [5, 5.41) is 11.9. The van der Waals surface area contributed by atoms with Crippen LogP contribution >= 0.6 is 0 Å². The van der Waals surface area contributed by atoms with Gasteiger partial charge < -0.3 is 5.32 Å². The minimum atomic E-state index is -0.335. The highest BCUT2D eigenvalue weighted by Crippen LogP contribution is 2.35. The van der Waals surface area contributed by atoms with E-state index in [1.54, 1.807) is 12.1 Å². The van der Waals surface area contributed by atoms with E-state index in [-0.39, 0.29) is 5.82 Å². The quantitative estimate of drug-likeness (QED) is 0.841. The van der Waals surface area contributed by atoms with Gasteiger partial charge in [-0.3, -0.25) is 0 Å². The maximum absolute atomic E-state index is 13.6. The SMILES string of the molecule is CCC(Nc1ccc(C#N)cc1F)C1CC1. The molecule has 1 atom stereocenters. The van der Waals surface area contributed by atoms with Gasteiger partial charge in [-0.1, -0.05) is 6.92 Å². The molecule has 0 spiro atoms. The van der Waals surface area contributed by atoms with Crippen LogP contribution in [-0.4, -0.2) is 6.04 Å². The molecule has 1 aliphatic carbocycles. The topological polar surface area (TPSA) is 35.8 Å². The van der Waals surface area contributed by atoms with Gasteiger partial charge in [0.05, 0.1) is 17.3 Å². The van der Waals surface area contributed by atoms with Crippen LogP contribution in [0.2, 0.25) is 0 Å². The van der Waals surface area contributed by atoms with Gasteiger partial charge in [-0.05, 0) is 43.4 Å². The molecule has 0 amide bonds. The van der Waals surface area contributed by atoms with E-state index < -0.39 is 0 Å². The number of nitrogens with one attached hydrogen (secondary N) is 1. The summed E-state index contributed by atoms with van der Waals surface area (Å²) in [7, 11) is 0. The molecule has 84 valence electrons. The number of anilines is 1. The van der Waals surface area contributed by atoms with E-state index >= 15 is 0 Å². The zero-order valence-corrected chi connectivity index (χ0v) is 9.33. The number of nitriles is 1. The first kappa shape index (κ1) is 10.9. The van der Waals surface area contributed by atoms with Crippen LogP contribution in [0, 0.1) is 23.1 Å². The van der Waals surface area contributed by atoms with Crippen LogP contribution in [0.15, 0.2) is 18.2 Å². The van der Waals surface area contributed by atoms with Crippen LogP contribution in [0.5, 0.6) is 0 Å². The third-order valence-corrected chi connectivity index (χ3v) is 3.07. The van der Waals surface area contributed by atoms with Gasteiger partial charge in [0.1, 0.15) is 5.82 Å². The van der Waals surface area contributed by atoms with Crippen molar-refractivity contribution in [1.82, 2.24) is 0 Å². The van der Waals surface area contributed by atoms with Gasteiger partial charge in [0.15, 0.2) is 0 Å². The lowest BCUT2D eigenvalue weighted by Gasteiger charge is -2.18. The standard InChI is InChI=1S/C13H15FN2/c1-2-12(10-4-5-10)16-13-6-3-9(8-15)7-11(13)14/h3,6-7,10,12,16H,2,4-5H2,1H3. The summed E-state index contributed by atoms with van der Waals surface area (Å²) in [6.45, 7) is 2.11. The summed E-state index contributed by atoms with van der Waals surface area (Å²) in [6, 6.07) is 6.87. The molecule has 0 bridgehead atoms. The fourth-order valence-electron chi connectivity index (χ4n) is 1.95. The summed E-state index contributed by atoms with van der Waals surface area (Å²) in [5.41, 5.74) is 0.875. The third kappa shape index (κ3) is 2.33. The van der Waals surface area contributed by atoms with Crippen molar-refractivity contribution in [3.63, 3.8) is 0 Å². The van der Waals surface area contributed by atoms with E-state index in [2.05, 4.69) is 12.2 Å². The number of hydrogen-bond donors (Lipinski definition) is 1. The lowest BCUT2D eigenvalue weighted by Crippen LogP contribution is -2.21. The summed E-state index contributed by atoms with van der Waals surface area (Å²) in [5.74, 6) is 0.359. The minimum absolute atomic E-state index is 0.335. The lowest BCUT2D eigenvalue weighted by atomic mass is 10.1. The Balaban J connectivity index is 2.11. The molecule has 0 radical (unpaired) electrons. The maximum Gasteiger partial charge on any atom is 0.147 e. The van der Waals surface area contributed by atoms with Crippen molar-refractivity contribution in [2.75, 3.05) is 5.32 Å². The van der Waals surface area contributed by atoms with Gasteiger partial charge in [0, 0.05) is 6.04 Å². The Labute approximate surface area is 95.1 Å². The molecule has 1 fully saturated rings. The Hall–Kier alpha value is -1.56. The number of rotatable bonds is 4. The molecule has 0 heterocycles. The van der Waals surface area contributed by atoms with Crippen LogP contribution in [0.4, 0.5) is 10.1 Å². The highest BCUT2D eigenvalue weighted by atomic mass is 19.1. The smallest absolute Gasteiger partial charge is 0.147 e. The summed E-state index contributed by atoms with van der Waals surface area (Å²) in [6.07, 6.45) is 3.48. The normalized spacial score (nSPS) is 16.6. The Bertz CT molecular complexity index is 418. The third-order valence-electron chi connectivity index (χ3n) is 3.07. The molecule has 2 nitrogen and oxygen atoms in total. The van der Waals surface area contributed by atoms with Gasteiger partial charge >= 0.3 is 0 Å². The first-order valence-corrected chi connectivity index (χ1v) is 5.70. The molecular formula is C13H15FN2. The van der Waals surface area contributed by atoms with Gasteiger partial charge in [-0.15, -0.1) is 0 Å². The molecule has 1 saturated carbocycles. The second-order valence-corrected chi connectivity index (χ2v) is 4.30. The fraction of sp³-hybridized carbons (Fsp3) is 0.462. The van der Waals surface area contributed by atoms with Crippen LogP contribution in [-0.2, 0) is 0 Å². The predicted molar refractivity (Wildman–Crippen MR) is 61.5 cm³/mol. The molecule has 0 aliphatic heterocycles. The number of halogens is 1. The predicted octanol–water partition coefficient (Wildman–Crippen LogP) is 3.30. The average Bonchev–Trinajstić information content (AvgIpc) is 3.11. The number of nitrogens with zero attached hydrogens (tertiary/aromatic N) is 1. The summed E-state index contributed by atoms with van der Waals surface area (Å²) >= 11 is 0. The average molecular weight is 218 g/mol. The van der Waals surface area contributed by atoms with Crippen LogP contribution in [0.25, 0.3) is 0 Å². The van der Waals surface area contributed by atoms with Gasteiger partial charge in [0.2, 0.25) is 0 Å². The maximum atomic E-state index is 13.6. The first-order chi connectivity index (χ1) is 7.74. The van der Waals surface area contributed by atoms with E-state index in [1.165, 1.54) is 18.9 Å². The number of hydrogen-bond acceptors (Lipinski definition) is 2. The monoisotopic (exact) mass is 218 g/mol. The molecule has 1 aliphatic rings. The second-order valence-electron chi connectivity index (χ2n) is 4.30. The highest BCUT2D eigenvalue weighted by Gasteiger charge is 2.30. The van der Waals surface area contributed by atoms with Crippen molar-refractivity contribution >= 4 is 5.69 Å². The van der Waals surface area contributed by atoms with Crippen LogP contribution in [0.1, 0.15) is 31.7 Å². The minimum Gasteiger partial charge on any atom is -0.380 e. The van der Waals surface area contributed by atoms with E-state index in [0.29, 0.717) is 23.2 Å². The van der Waals surface area contributed by atoms with E-state index in [0.717, 1.165) is 6.42 Å². The van der Waals surface area contributed by atoms with Crippen molar-refractivity contribution in [3.05, 3.63) is 29.6 Å². The van der Waals surface area contributed by atoms with Crippen molar-refractivity contribution in [1.29, 1.82) is 5.26 Å². The lowest BCUT2D eigenvalue weighted by molar-refractivity contribution is 0.594. The molecule has 1 aromatic carbocycles. The molecule has 0 saturated heterocycles. The zero-order valence-electron chi connectivity index (χ0n) is 9.33. The molecule has 0 aromatic heterocycles. The molecule has 3 heteroatoms.